The molecule has 0 saturated heterocycles. The second kappa shape index (κ2) is 6.12. The lowest BCUT2D eigenvalue weighted by molar-refractivity contribution is 0.404. The number of benzene rings is 2. The molecule has 1 aromatic heterocycles. The number of ether oxygens (including phenoxy) is 2. The Balaban J connectivity index is 2.22. The number of anilines is 1. The minimum atomic E-state index is 0.272. The summed E-state index contributed by atoms with van der Waals surface area (Å²) in [7, 11) is 3.38. The molecule has 3 rings (SSSR count). The number of nitrogens with zero attached hydrogens (tertiary/aromatic N) is 2. The average Bonchev–Trinajstić information content (AvgIpc) is 2.57. The van der Waals surface area contributed by atoms with E-state index in [4.69, 9.17) is 15.2 Å². The first-order valence-electron chi connectivity index (χ1n) is 7.34. The normalized spacial score (nSPS) is 10.7. The average molecular weight is 309 g/mol. The molecule has 2 aromatic carbocycles. The number of nitrogens with two attached hydrogens (primary N) is 1. The first kappa shape index (κ1) is 15.1. The molecule has 0 aliphatic rings. The number of hydrogen-bond donors (Lipinski definition) is 1. The third-order valence-corrected chi connectivity index (χ3v) is 4.00. The summed E-state index contributed by atoms with van der Waals surface area (Å²) >= 11 is 0. The van der Waals surface area contributed by atoms with Crippen molar-refractivity contribution in [2.45, 2.75) is 13.3 Å². The van der Waals surface area contributed by atoms with Crippen LogP contribution >= 0.6 is 0 Å². The molecular weight excluding hydrogens is 290 g/mol. The molecule has 3 aromatic rings. The number of hydrogen-bond acceptors (Lipinski definition) is 5. The maximum Gasteiger partial charge on any atom is 0.219 e. The van der Waals surface area contributed by atoms with Crippen LogP contribution in [-0.4, -0.2) is 24.2 Å². The molecule has 5 nitrogen and oxygen atoms in total. The van der Waals surface area contributed by atoms with E-state index in [2.05, 4.69) is 9.97 Å². The van der Waals surface area contributed by atoms with Gasteiger partial charge in [0.15, 0.2) is 0 Å². The molecule has 0 radical (unpaired) electrons. The molecule has 0 spiro atoms. The van der Waals surface area contributed by atoms with E-state index in [0.29, 0.717) is 6.42 Å². The summed E-state index contributed by atoms with van der Waals surface area (Å²) in [5.74, 6) is 2.00. The Kier molecular flexibility index (Phi) is 4.02. The minimum absolute atomic E-state index is 0.272. The van der Waals surface area contributed by atoms with E-state index in [1.165, 1.54) is 0 Å². The number of aromatic nitrogens is 2. The SMILES string of the molecule is COc1c(C)c(Cc2cnc(N)nc2)c(OC)c2ccccc12. The van der Waals surface area contributed by atoms with E-state index in [1.807, 2.05) is 31.2 Å². The number of fused-ring (bicyclic) bond motifs is 1. The van der Waals surface area contributed by atoms with Gasteiger partial charge in [-0.2, -0.15) is 0 Å². The summed E-state index contributed by atoms with van der Waals surface area (Å²) in [5.41, 5.74) is 8.65. The second-order valence-electron chi connectivity index (χ2n) is 5.34. The fourth-order valence-corrected chi connectivity index (χ4v) is 2.92. The van der Waals surface area contributed by atoms with E-state index in [0.717, 1.165) is 39.0 Å². The summed E-state index contributed by atoms with van der Waals surface area (Å²) in [5, 5.41) is 2.07. The third kappa shape index (κ3) is 2.65. The van der Waals surface area contributed by atoms with Crippen LogP contribution in [0.15, 0.2) is 36.7 Å². The van der Waals surface area contributed by atoms with Crippen LogP contribution in [0.2, 0.25) is 0 Å². The van der Waals surface area contributed by atoms with Gasteiger partial charge in [0.2, 0.25) is 5.95 Å². The van der Waals surface area contributed by atoms with E-state index >= 15 is 0 Å². The van der Waals surface area contributed by atoms with Crippen LogP contribution in [0, 0.1) is 6.92 Å². The van der Waals surface area contributed by atoms with Crippen LogP contribution < -0.4 is 15.2 Å². The fraction of sp³-hybridized carbons (Fsp3) is 0.222. The predicted molar refractivity (Wildman–Crippen MR) is 91.0 cm³/mol. The largest absolute Gasteiger partial charge is 0.496 e. The van der Waals surface area contributed by atoms with Crippen molar-refractivity contribution in [1.82, 2.24) is 9.97 Å². The number of rotatable bonds is 4. The Morgan fingerprint density at radius 2 is 1.52 bits per heavy atom. The van der Waals surface area contributed by atoms with Gasteiger partial charge in [0, 0.05) is 35.2 Å². The Morgan fingerprint density at radius 3 is 2.09 bits per heavy atom. The number of nitrogen functional groups attached to an aromatic ring is 1. The molecule has 118 valence electrons. The summed E-state index contributed by atoms with van der Waals surface area (Å²) in [4.78, 5) is 8.12. The molecule has 0 aliphatic carbocycles. The highest BCUT2D eigenvalue weighted by Gasteiger charge is 2.18. The molecule has 0 atom stereocenters. The van der Waals surface area contributed by atoms with Gasteiger partial charge < -0.3 is 15.2 Å². The molecule has 5 heteroatoms. The molecule has 0 aliphatic heterocycles. The molecule has 23 heavy (non-hydrogen) atoms. The highest BCUT2D eigenvalue weighted by Crippen LogP contribution is 2.41. The van der Waals surface area contributed by atoms with E-state index in [9.17, 15) is 0 Å². The lowest BCUT2D eigenvalue weighted by Gasteiger charge is -2.18. The van der Waals surface area contributed by atoms with Gasteiger partial charge in [-0.05, 0) is 18.1 Å². The minimum Gasteiger partial charge on any atom is -0.496 e. The maximum atomic E-state index is 5.71. The van der Waals surface area contributed by atoms with Crippen LogP contribution in [0.4, 0.5) is 5.95 Å². The van der Waals surface area contributed by atoms with Gasteiger partial charge in [-0.15, -0.1) is 0 Å². The first-order chi connectivity index (χ1) is 11.2. The van der Waals surface area contributed by atoms with Crippen LogP contribution in [-0.2, 0) is 6.42 Å². The van der Waals surface area contributed by atoms with E-state index in [1.54, 1.807) is 26.6 Å². The van der Waals surface area contributed by atoms with Crippen LogP contribution in [0.3, 0.4) is 0 Å². The van der Waals surface area contributed by atoms with Gasteiger partial charge in [-0.3, -0.25) is 0 Å². The monoisotopic (exact) mass is 309 g/mol. The van der Waals surface area contributed by atoms with Gasteiger partial charge in [0.1, 0.15) is 11.5 Å². The molecular formula is C18H19N3O2. The van der Waals surface area contributed by atoms with Gasteiger partial charge in [-0.1, -0.05) is 24.3 Å². The summed E-state index contributed by atoms with van der Waals surface area (Å²) in [6.45, 7) is 2.04. The Labute approximate surface area is 135 Å². The molecule has 0 fully saturated rings. The third-order valence-electron chi connectivity index (χ3n) is 4.00. The molecule has 1 heterocycles. The molecule has 0 amide bonds. The van der Waals surface area contributed by atoms with Crippen molar-refractivity contribution in [1.29, 1.82) is 0 Å². The van der Waals surface area contributed by atoms with Crippen LogP contribution in [0.5, 0.6) is 11.5 Å². The topological polar surface area (TPSA) is 70.3 Å². The van der Waals surface area contributed by atoms with Crippen molar-refractivity contribution in [2.24, 2.45) is 0 Å². The van der Waals surface area contributed by atoms with E-state index in [-0.39, 0.29) is 5.95 Å². The lowest BCUT2D eigenvalue weighted by Crippen LogP contribution is -2.03. The molecule has 0 saturated carbocycles. The van der Waals surface area contributed by atoms with E-state index < -0.39 is 0 Å². The van der Waals surface area contributed by atoms with Crippen molar-refractivity contribution in [3.8, 4) is 11.5 Å². The predicted octanol–water partition coefficient (Wildman–Crippen LogP) is 3.13. The summed E-state index contributed by atoms with van der Waals surface area (Å²) < 4.78 is 11.4. The Morgan fingerprint density at radius 1 is 0.957 bits per heavy atom. The van der Waals surface area contributed by atoms with Gasteiger partial charge >= 0.3 is 0 Å². The van der Waals surface area contributed by atoms with Crippen molar-refractivity contribution < 1.29 is 9.47 Å². The van der Waals surface area contributed by atoms with Gasteiger partial charge in [0.25, 0.3) is 0 Å². The van der Waals surface area contributed by atoms with Gasteiger partial charge in [0.05, 0.1) is 14.2 Å². The van der Waals surface area contributed by atoms with Crippen molar-refractivity contribution >= 4 is 16.7 Å². The van der Waals surface area contributed by atoms with Crippen LogP contribution in [0.25, 0.3) is 10.8 Å². The quantitative estimate of drug-likeness (QED) is 0.802. The second-order valence-corrected chi connectivity index (χ2v) is 5.34. The zero-order valence-electron chi connectivity index (χ0n) is 13.5. The van der Waals surface area contributed by atoms with Crippen molar-refractivity contribution in [3.63, 3.8) is 0 Å². The zero-order chi connectivity index (χ0) is 16.4. The standard InChI is InChI=1S/C18H19N3O2/c1-11-15(8-12-9-20-18(19)21-10-12)17(23-3)14-7-5-4-6-13(14)16(11)22-2/h4-7,9-10H,8H2,1-3H3,(H2,19,20,21). The Hall–Kier alpha value is -2.82. The molecule has 0 unspecified atom stereocenters. The first-order valence-corrected chi connectivity index (χ1v) is 7.34. The van der Waals surface area contributed by atoms with Crippen molar-refractivity contribution in [2.75, 3.05) is 20.0 Å². The maximum absolute atomic E-state index is 5.71. The van der Waals surface area contributed by atoms with Crippen LogP contribution in [0.1, 0.15) is 16.7 Å². The fourth-order valence-electron chi connectivity index (χ4n) is 2.92. The van der Waals surface area contributed by atoms with Gasteiger partial charge in [-0.25, -0.2) is 9.97 Å². The Bertz CT molecular complexity index is 845. The highest BCUT2D eigenvalue weighted by molar-refractivity contribution is 5.96. The smallest absolute Gasteiger partial charge is 0.219 e. The molecule has 2 N–H and O–H groups in total. The zero-order valence-corrected chi connectivity index (χ0v) is 13.5. The highest BCUT2D eigenvalue weighted by atomic mass is 16.5. The number of methoxy groups -OCH3 is 2. The summed E-state index contributed by atoms with van der Waals surface area (Å²) in [6, 6.07) is 8.08. The molecule has 0 bridgehead atoms. The summed E-state index contributed by atoms with van der Waals surface area (Å²) in [6.07, 6.45) is 4.13. The lowest BCUT2D eigenvalue weighted by atomic mass is 9.95. The van der Waals surface area contributed by atoms with Crippen molar-refractivity contribution in [3.05, 3.63) is 53.3 Å².